The van der Waals surface area contributed by atoms with Crippen LogP contribution in [0, 0.1) is 0 Å². The molecule has 4 heteroatoms. The second kappa shape index (κ2) is 9.77. The molecule has 4 nitrogen and oxygen atoms in total. The van der Waals surface area contributed by atoms with Gasteiger partial charge in [0, 0.05) is 19.5 Å². The summed E-state index contributed by atoms with van der Waals surface area (Å²) in [4.78, 5) is 11.5. The lowest BCUT2D eigenvalue weighted by atomic mass is 10.1. The molecule has 0 unspecified atom stereocenters. The fourth-order valence-corrected chi connectivity index (χ4v) is 2.14. The molecular formula is C19H24N2O2. The third kappa shape index (κ3) is 6.63. The summed E-state index contributed by atoms with van der Waals surface area (Å²) in [6.45, 7) is 2.46. The smallest absolute Gasteiger partial charge is 0.221 e. The van der Waals surface area contributed by atoms with Crippen LogP contribution in [0.5, 0.6) is 0 Å². The zero-order valence-corrected chi connectivity index (χ0v) is 13.5. The number of rotatable bonds is 9. The summed E-state index contributed by atoms with van der Waals surface area (Å²) in [5, 5.41) is 5.87. The van der Waals surface area contributed by atoms with Crippen LogP contribution in [0.2, 0.25) is 0 Å². The van der Waals surface area contributed by atoms with E-state index in [9.17, 15) is 4.79 Å². The molecule has 2 N–H and O–H groups in total. The van der Waals surface area contributed by atoms with E-state index >= 15 is 0 Å². The quantitative estimate of drug-likeness (QED) is 0.748. The first-order chi connectivity index (χ1) is 11.3. The van der Waals surface area contributed by atoms with E-state index in [2.05, 4.69) is 22.8 Å². The van der Waals surface area contributed by atoms with Crippen LogP contribution in [-0.4, -0.2) is 19.5 Å². The normalized spacial score (nSPS) is 10.5. The summed E-state index contributed by atoms with van der Waals surface area (Å²) < 4.78 is 5.71. The number of hydrogen-bond donors (Lipinski definition) is 2. The van der Waals surface area contributed by atoms with Crippen molar-refractivity contribution in [2.24, 2.45) is 0 Å². The highest BCUT2D eigenvalue weighted by molar-refractivity contribution is 5.76. The summed E-state index contributed by atoms with van der Waals surface area (Å²) in [5.74, 6) is 0.0645. The number of amides is 1. The maximum Gasteiger partial charge on any atom is 0.221 e. The second-order valence-corrected chi connectivity index (χ2v) is 5.43. The molecule has 0 saturated carbocycles. The predicted molar refractivity (Wildman–Crippen MR) is 91.8 cm³/mol. The lowest BCUT2D eigenvalue weighted by Crippen LogP contribution is -2.26. The number of benzene rings is 2. The summed E-state index contributed by atoms with van der Waals surface area (Å²) in [6, 6.07) is 18.3. The fraction of sp³-hybridized carbons (Fsp3) is 0.316. The molecule has 122 valence electrons. The maximum atomic E-state index is 11.5. The number of hydrogen-bond acceptors (Lipinski definition) is 3. The van der Waals surface area contributed by atoms with Crippen LogP contribution in [0.25, 0.3) is 0 Å². The molecule has 1 amide bonds. The number of carbonyl (C=O) groups excluding carboxylic acids is 1. The van der Waals surface area contributed by atoms with Crippen molar-refractivity contribution in [2.45, 2.75) is 26.2 Å². The van der Waals surface area contributed by atoms with Gasteiger partial charge in [-0.25, -0.2) is 0 Å². The minimum Gasteiger partial charge on any atom is -0.372 e. The minimum absolute atomic E-state index is 0.0645. The Labute approximate surface area is 137 Å². The van der Waals surface area contributed by atoms with E-state index in [0.717, 1.165) is 11.1 Å². The van der Waals surface area contributed by atoms with Crippen molar-refractivity contribution in [3.63, 3.8) is 0 Å². The van der Waals surface area contributed by atoms with Crippen LogP contribution in [-0.2, 0) is 29.3 Å². The number of carbonyl (C=O) groups is 1. The summed E-state index contributed by atoms with van der Waals surface area (Å²) in [6.07, 6.45) is 0.502. The molecule has 0 radical (unpaired) electrons. The van der Waals surface area contributed by atoms with Crippen molar-refractivity contribution in [3.8, 4) is 0 Å². The molecule has 0 bridgehead atoms. The SMILES string of the molecule is CNCCC(=O)NCc1ccc(COCc2ccccc2)cc1. The van der Waals surface area contributed by atoms with Gasteiger partial charge in [0.05, 0.1) is 13.2 Å². The van der Waals surface area contributed by atoms with Gasteiger partial charge in [0.15, 0.2) is 0 Å². The first-order valence-corrected chi connectivity index (χ1v) is 7.88. The van der Waals surface area contributed by atoms with Gasteiger partial charge in [-0.1, -0.05) is 54.6 Å². The molecule has 0 atom stereocenters. The Morgan fingerprint density at radius 1 is 0.913 bits per heavy atom. The van der Waals surface area contributed by atoms with Gasteiger partial charge in [0.1, 0.15) is 0 Å². The first-order valence-electron chi connectivity index (χ1n) is 7.88. The Kier molecular flexibility index (Phi) is 7.30. The van der Waals surface area contributed by atoms with Crippen LogP contribution in [0.3, 0.4) is 0 Å². The zero-order chi connectivity index (χ0) is 16.3. The molecule has 2 aromatic carbocycles. The molecule has 0 aliphatic heterocycles. The van der Waals surface area contributed by atoms with Crippen molar-refractivity contribution in [1.82, 2.24) is 10.6 Å². The van der Waals surface area contributed by atoms with E-state index in [1.54, 1.807) is 0 Å². The maximum absolute atomic E-state index is 11.5. The monoisotopic (exact) mass is 312 g/mol. The van der Waals surface area contributed by atoms with Crippen molar-refractivity contribution in [2.75, 3.05) is 13.6 Å². The van der Waals surface area contributed by atoms with Crippen LogP contribution in [0.1, 0.15) is 23.1 Å². The number of nitrogens with one attached hydrogen (secondary N) is 2. The van der Waals surface area contributed by atoms with E-state index in [4.69, 9.17) is 4.74 Å². The first kappa shape index (κ1) is 17.2. The molecule has 0 spiro atoms. The molecule has 0 fully saturated rings. The van der Waals surface area contributed by atoms with Crippen LogP contribution in [0.15, 0.2) is 54.6 Å². The highest BCUT2D eigenvalue weighted by Crippen LogP contribution is 2.08. The molecule has 0 heterocycles. The van der Waals surface area contributed by atoms with E-state index < -0.39 is 0 Å². The standard InChI is InChI=1S/C19H24N2O2/c1-20-12-11-19(22)21-13-16-7-9-18(10-8-16)15-23-14-17-5-3-2-4-6-17/h2-10,20H,11-15H2,1H3,(H,21,22). The van der Waals surface area contributed by atoms with Gasteiger partial charge >= 0.3 is 0 Å². The van der Waals surface area contributed by atoms with E-state index in [1.165, 1.54) is 5.56 Å². The average molecular weight is 312 g/mol. The van der Waals surface area contributed by atoms with Crippen LogP contribution < -0.4 is 10.6 Å². The topological polar surface area (TPSA) is 50.4 Å². The molecule has 0 saturated heterocycles. The van der Waals surface area contributed by atoms with Gasteiger partial charge in [0.2, 0.25) is 5.91 Å². The van der Waals surface area contributed by atoms with Gasteiger partial charge in [-0.15, -0.1) is 0 Å². The molecule has 23 heavy (non-hydrogen) atoms. The van der Waals surface area contributed by atoms with Crippen molar-refractivity contribution >= 4 is 5.91 Å². The lowest BCUT2D eigenvalue weighted by Gasteiger charge is -2.07. The Balaban J connectivity index is 1.70. The molecule has 2 rings (SSSR count). The highest BCUT2D eigenvalue weighted by Gasteiger charge is 2.01. The van der Waals surface area contributed by atoms with Crippen LogP contribution in [0.4, 0.5) is 0 Å². The molecule has 0 aliphatic rings. The van der Waals surface area contributed by atoms with Crippen molar-refractivity contribution in [3.05, 3.63) is 71.3 Å². The second-order valence-electron chi connectivity index (χ2n) is 5.43. The Hall–Kier alpha value is -2.17. The Bertz CT molecular complexity index is 582. The van der Waals surface area contributed by atoms with E-state index in [-0.39, 0.29) is 5.91 Å². The van der Waals surface area contributed by atoms with Gasteiger partial charge in [0.25, 0.3) is 0 Å². The molecule has 2 aromatic rings. The van der Waals surface area contributed by atoms with E-state index in [1.807, 2.05) is 49.5 Å². The third-order valence-electron chi connectivity index (χ3n) is 3.49. The van der Waals surface area contributed by atoms with Crippen LogP contribution >= 0.6 is 0 Å². The minimum atomic E-state index is 0.0645. The van der Waals surface area contributed by atoms with Gasteiger partial charge in [-0.2, -0.15) is 0 Å². The van der Waals surface area contributed by atoms with Crippen molar-refractivity contribution < 1.29 is 9.53 Å². The largest absolute Gasteiger partial charge is 0.372 e. The summed E-state index contributed by atoms with van der Waals surface area (Å²) in [5.41, 5.74) is 3.40. The summed E-state index contributed by atoms with van der Waals surface area (Å²) >= 11 is 0. The Morgan fingerprint density at radius 3 is 2.17 bits per heavy atom. The van der Waals surface area contributed by atoms with Crippen molar-refractivity contribution in [1.29, 1.82) is 0 Å². The van der Waals surface area contributed by atoms with Gasteiger partial charge < -0.3 is 15.4 Å². The zero-order valence-electron chi connectivity index (χ0n) is 13.5. The molecular weight excluding hydrogens is 288 g/mol. The van der Waals surface area contributed by atoms with Gasteiger partial charge in [-0.05, 0) is 23.7 Å². The number of ether oxygens (including phenoxy) is 1. The fourth-order valence-electron chi connectivity index (χ4n) is 2.14. The predicted octanol–water partition coefficient (Wildman–Crippen LogP) is 2.63. The Morgan fingerprint density at radius 2 is 1.52 bits per heavy atom. The molecule has 0 aromatic heterocycles. The van der Waals surface area contributed by atoms with Gasteiger partial charge in [-0.3, -0.25) is 4.79 Å². The molecule has 0 aliphatic carbocycles. The van der Waals surface area contributed by atoms with E-state index in [0.29, 0.717) is 32.7 Å². The lowest BCUT2D eigenvalue weighted by molar-refractivity contribution is -0.121. The highest BCUT2D eigenvalue weighted by atomic mass is 16.5. The average Bonchev–Trinajstić information content (AvgIpc) is 2.60. The summed E-state index contributed by atoms with van der Waals surface area (Å²) in [7, 11) is 1.84. The third-order valence-corrected chi connectivity index (χ3v) is 3.49.